The Balaban J connectivity index is 2.09. The van der Waals surface area contributed by atoms with Gasteiger partial charge in [-0.1, -0.05) is 25.6 Å². The van der Waals surface area contributed by atoms with Gasteiger partial charge in [-0.05, 0) is 12.3 Å². The lowest BCUT2D eigenvalue weighted by Crippen LogP contribution is -2.14. The molecule has 1 aromatic carbocycles. The van der Waals surface area contributed by atoms with Crippen molar-refractivity contribution < 1.29 is 14.4 Å². The first-order valence-corrected chi connectivity index (χ1v) is 8.39. The molecule has 0 saturated heterocycles. The smallest absolute Gasteiger partial charge is 0.270 e. The summed E-state index contributed by atoms with van der Waals surface area (Å²) in [6, 6.07) is 3.02. The predicted molar refractivity (Wildman–Crippen MR) is 90.6 cm³/mol. The second-order valence-corrected chi connectivity index (χ2v) is 6.65. The fourth-order valence-electron chi connectivity index (χ4n) is 2.12. The molecule has 8 heteroatoms. The molecule has 7 nitrogen and oxygen atoms in total. The van der Waals surface area contributed by atoms with Crippen molar-refractivity contribution in [3.8, 4) is 5.75 Å². The van der Waals surface area contributed by atoms with E-state index in [2.05, 4.69) is 18.8 Å². The molecule has 23 heavy (non-hydrogen) atoms. The fraction of sp³-hybridized carbons (Fsp3) is 0.533. The van der Waals surface area contributed by atoms with Crippen LogP contribution < -0.4 is 10.5 Å². The number of ether oxygens (including phenoxy) is 2. The minimum atomic E-state index is -0.414. The zero-order valence-corrected chi connectivity index (χ0v) is 14.1. The first-order valence-electron chi connectivity index (χ1n) is 7.40. The number of rotatable bonds is 6. The van der Waals surface area contributed by atoms with Crippen molar-refractivity contribution in [1.29, 1.82) is 0 Å². The highest BCUT2D eigenvalue weighted by atomic mass is 32.2. The lowest BCUT2D eigenvalue weighted by atomic mass is 10.1. The molecule has 126 valence electrons. The van der Waals surface area contributed by atoms with Gasteiger partial charge in [-0.15, -0.1) is 0 Å². The van der Waals surface area contributed by atoms with Crippen LogP contribution in [0.2, 0.25) is 0 Å². The molecule has 2 rings (SSSR count). The van der Waals surface area contributed by atoms with E-state index in [1.165, 1.54) is 23.9 Å². The van der Waals surface area contributed by atoms with E-state index < -0.39 is 4.92 Å². The van der Waals surface area contributed by atoms with E-state index in [0.29, 0.717) is 41.3 Å². The average molecular weight is 339 g/mol. The van der Waals surface area contributed by atoms with Crippen LogP contribution in [0.5, 0.6) is 5.75 Å². The minimum absolute atomic E-state index is 0.0313. The Labute approximate surface area is 139 Å². The Morgan fingerprint density at radius 3 is 3.00 bits per heavy atom. The molecule has 0 aliphatic carbocycles. The first-order chi connectivity index (χ1) is 11.0. The van der Waals surface area contributed by atoms with Crippen LogP contribution in [0.1, 0.15) is 31.4 Å². The van der Waals surface area contributed by atoms with Crippen LogP contribution in [-0.4, -0.2) is 23.4 Å². The van der Waals surface area contributed by atoms with E-state index in [1.54, 1.807) is 0 Å². The third kappa shape index (κ3) is 5.11. The number of thioether (sulfide) groups is 1. The van der Waals surface area contributed by atoms with Crippen molar-refractivity contribution in [2.75, 3.05) is 13.3 Å². The molecule has 0 unspecified atom stereocenters. The van der Waals surface area contributed by atoms with Crippen LogP contribution >= 0.6 is 11.8 Å². The van der Waals surface area contributed by atoms with Gasteiger partial charge in [-0.2, -0.15) is 0 Å². The number of nitro benzene ring substituents is 1. The van der Waals surface area contributed by atoms with Gasteiger partial charge in [0.15, 0.2) is 12.0 Å². The topological polar surface area (TPSA) is 100.0 Å². The quantitative estimate of drug-likeness (QED) is 0.370. The van der Waals surface area contributed by atoms with E-state index >= 15 is 0 Å². The van der Waals surface area contributed by atoms with Crippen molar-refractivity contribution in [1.82, 2.24) is 0 Å². The van der Waals surface area contributed by atoms with Crippen LogP contribution in [0.25, 0.3) is 0 Å². The number of nitro groups is 1. The number of non-ortho nitro benzene ring substituents is 1. The number of aliphatic imine (C=N–C) groups is 1. The summed E-state index contributed by atoms with van der Waals surface area (Å²) in [5, 5.41) is 11.5. The third-order valence-corrected chi connectivity index (χ3v) is 4.21. The van der Waals surface area contributed by atoms with Crippen LogP contribution in [0.3, 0.4) is 0 Å². The summed E-state index contributed by atoms with van der Waals surface area (Å²) in [6.45, 7) is 5.42. The molecule has 0 amide bonds. The SMILES string of the molecule is CC(C)CCN=C(N)SCc1cc([N+](=O)[O-])cc2c1OCOC2. The first kappa shape index (κ1) is 17.6. The fourth-order valence-corrected chi connectivity index (χ4v) is 2.82. The molecule has 1 heterocycles. The monoisotopic (exact) mass is 339 g/mol. The molecule has 2 N–H and O–H groups in total. The Bertz CT molecular complexity index is 605. The number of amidine groups is 1. The molecule has 0 bridgehead atoms. The zero-order valence-electron chi connectivity index (χ0n) is 13.3. The van der Waals surface area contributed by atoms with E-state index in [9.17, 15) is 10.1 Å². The highest BCUT2D eigenvalue weighted by molar-refractivity contribution is 8.13. The summed E-state index contributed by atoms with van der Waals surface area (Å²) in [7, 11) is 0. The van der Waals surface area contributed by atoms with Crippen LogP contribution in [0.4, 0.5) is 5.69 Å². The van der Waals surface area contributed by atoms with Gasteiger partial charge >= 0.3 is 0 Å². The molecule has 0 aromatic heterocycles. The second kappa shape index (κ2) is 8.16. The molecule has 0 radical (unpaired) electrons. The molecule has 0 fully saturated rings. The van der Waals surface area contributed by atoms with Crippen molar-refractivity contribution in [3.63, 3.8) is 0 Å². The lowest BCUT2D eigenvalue weighted by Gasteiger charge is -2.20. The number of nitrogens with zero attached hydrogens (tertiary/aromatic N) is 2. The molecule has 1 aliphatic rings. The number of nitrogens with two attached hydrogens (primary N) is 1. The predicted octanol–water partition coefficient (Wildman–Crippen LogP) is 3.06. The van der Waals surface area contributed by atoms with Gasteiger partial charge in [0, 0.05) is 35.6 Å². The van der Waals surface area contributed by atoms with Crippen LogP contribution in [0.15, 0.2) is 17.1 Å². The summed E-state index contributed by atoms with van der Waals surface area (Å²) in [6.07, 6.45) is 0.980. The van der Waals surface area contributed by atoms with Crippen molar-refractivity contribution in [2.24, 2.45) is 16.6 Å². The van der Waals surface area contributed by atoms with Gasteiger partial charge in [0.2, 0.25) is 0 Å². The maximum absolute atomic E-state index is 11.1. The van der Waals surface area contributed by atoms with Crippen molar-refractivity contribution in [2.45, 2.75) is 32.6 Å². The standard InChI is InChI=1S/C15H21N3O4S/c1-10(2)3-4-17-15(16)23-8-12-6-13(18(19)20)5-11-7-21-9-22-14(11)12/h5-6,10H,3-4,7-9H2,1-2H3,(H2,16,17). The van der Waals surface area contributed by atoms with Crippen LogP contribution in [0, 0.1) is 16.0 Å². The van der Waals surface area contributed by atoms with Gasteiger partial charge in [0.05, 0.1) is 11.5 Å². The Morgan fingerprint density at radius 2 is 2.30 bits per heavy atom. The highest BCUT2D eigenvalue weighted by Gasteiger charge is 2.21. The van der Waals surface area contributed by atoms with Gasteiger partial charge in [0.1, 0.15) is 5.75 Å². The lowest BCUT2D eigenvalue weighted by molar-refractivity contribution is -0.385. The summed E-state index contributed by atoms with van der Waals surface area (Å²) in [5.41, 5.74) is 7.36. The Morgan fingerprint density at radius 1 is 1.52 bits per heavy atom. The van der Waals surface area contributed by atoms with Gasteiger partial charge in [-0.25, -0.2) is 0 Å². The minimum Gasteiger partial charge on any atom is -0.467 e. The summed E-state index contributed by atoms with van der Waals surface area (Å²) < 4.78 is 10.7. The van der Waals surface area contributed by atoms with E-state index in [-0.39, 0.29) is 12.5 Å². The molecule has 1 aromatic rings. The van der Waals surface area contributed by atoms with E-state index in [1.807, 2.05) is 0 Å². The second-order valence-electron chi connectivity index (χ2n) is 5.65. The molecular weight excluding hydrogens is 318 g/mol. The Kier molecular flexibility index (Phi) is 6.23. The van der Waals surface area contributed by atoms with Crippen molar-refractivity contribution in [3.05, 3.63) is 33.4 Å². The average Bonchev–Trinajstić information content (AvgIpc) is 2.51. The number of fused-ring (bicyclic) bond motifs is 1. The summed E-state index contributed by atoms with van der Waals surface area (Å²) in [4.78, 5) is 14.9. The summed E-state index contributed by atoms with van der Waals surface area (Å²) in [5.74, 6) is 1.71. The number of hydrogen-bond acceptors (Lipinski definition) is 6. The molecule has 0 saturated carbocycles. The molecule has 0 atom stereocenters. The Hall–Kier alpha value is -1.80. The summed E-state index contributed by atoms with van der Waals surface area (Å²) >= 11 is 1.36. The maximum atomic E-state index is 11.1. The van der Waals surface area contributed by atoms with Gasteiger partial charge < -0.3 is 15.2 Å². The molecule has 0 spiro atoms. The van der Waals surface area contributed by atoms with Crippen LogP contribution in [-0.2, 0) is 17.1 Å². The number of benzene rings is 1. The van der Waals surface area contributed by atoms with Crippen molar-refractivity contribution >= 4 is 22.6 Å². The highest BCUT2D eigenvalue weighted by Crippen LogP contribution is 2.34. The largest absolute Gasteiger partial charge is 0.467 e. The van der Waals surface area contributed by atoms with Gasteiger partial charge in [-0.3, -0.25) is 15.1 Å². The maximum Gasteiger partial charge on any atom is 0.270 e. The van der Waals surface area contributed by atoms with E-state index in [0.717, 1.165) is 12.0 Å². The van der Waals surface area contributed by atoms with E-state index in [4.69, 9.17) is 15.2 Å². The molecule has 1 aliphatic heterocycles. The zero-order chi connectivity index (χ0) is 16.8. The third-order valence-electron chi connectivity index (χ3n) is 3.33. The number of hydrogen-bond donors (Lipinski definition) is 1. The van der Waals surface area contributed by atoms with Gasteiger partial charge in [0.25, 0.3) is 5.69 Å². The molecular formula is C15H21N3O4S. The normalized spacial score (nSPS) is 14.5.